The summed E-state index contributed by atoms with van der Waals surface area (Å²) in [4.78, 5) is 2.27. The Morgan fingerprint density at radius 1 is 0.447 bits per heavy atom. The predicted octanol–water partition coefficient (Wildman–Crippen LogP) is 8.96. The van der Waals surface area contributed by atoms with Crippen LogP contribution in [0.25, 0.3) is 38.6 Å². The quantitative estimate of drug-likeness (QED) is 0.185. The Balaban J connectivity index is 1.03. The van der Waals surface area contributed by atoms with Crippen molar-refractivity contribution in [3.8, 4) is 39.8 Å². The lowest BCUT2D eigenvalue weighted by atomic mass is 9.34. The van der Waals surface area contributed by atoms with Gasteiger partial charge in [0.15, 0.2) is 11.5 Å². The molecule has 47 heavy (non-hydrogen) atoms. The van der Waals surface area contributed by atoms with E-state index >= 15 is 0 Å². The summed E-state index contributed by atoms with van der Waals surface area (Å²) in [5, 5.41) is 2.54. The highest BCUT2D eigenvalue weighted by atomic mass is 16.5. The third-order valence-corrected chi connectivity index (χ3v) is 10.0. The lowest BCUT2D eigenvalue weighted by Gasteiger charge is -2.33. The number of hydrogen-bond acceptors (Lipinski definition) is 3. The van der Waals surface area contributed by atoms with Gasteiger partial charge in [-0.05, 0) is 94.2 Å². The smallest absolute Gasteiger partial charge is 0.256 e. The molecular weight excluding hydrogens is 575 g/mol. The van der Waals surface area contributed by atoms with E-state index in [1.165, 1.54) is 43.9 Å². The number of hydrogen-bond donors (Lipinski definition) is 0. The second-order valence-electron chi connectivity index (χ2n) is 12.5. The predicted molar refractivity (Wildman–Crippen MR) is 192 cm³/mol. The average molecular weight is 600 g/mol. The summed E-state index contributed by atoms with van der Waals surface area (Å²) in [5.74, 6) is 3.55. The van der Waals surface area contributed by atoms with Crippen molar-refractivity contribution in [3.05, 3.63) is 152 Å². The van der Waals surface area contributed by atoms with Crippen molar-refractivity contribution < 1.29 is 9.47 Å². The molecule has 3 aliphatic heterocycles. The summed E-state index contributed by atoms with van der Waals surface area (Å²) in [6, 6.07) is 53.9. The second kappa shape index (κ2) is 9.18. The molecule has 218 valence electrons. The molecule has 0 unspecified atom stereocenters. The minimum Gasteiger partial charge on any atom is -0.458 e. The van der Waals surface area contributed by atoms with Gasteiger partial charge in [-0.15, -0.1) is 0 Å². The van der Waals surface area contributed by atoms with Crippen molar-refractivity contribution in [1.29, 1.82) is 0 Å². The molecule has 8 aromatic rings. The van der Waals surface area contributed by atoms with Crippen LogP contribution in [0.4, 0.5) is 17.1 Å². The first-order valence-corrected chi connectivity index (χ1v) is 16.1. The van der Waals surface area contributed by atoms with Gasteiger partial charge in [0, 0.05) is 22.1 Å². The Morgan fingerprint density at radius 2 is 1.11 bits per heavy atom. The number of fused-ring (bicyclic) bond motifs is 10. The zero-order chi connectivity index (χ0) is 30.6. The van der Waals surface area contributed by atoms with Crippen LogP contribution in [0.2, 0.25) is 0 Å². The van der Waals surface area contributed by atoms with Crippen LogP contribution in [0.15, 0.2) is 152 Å². The highest BCUT2D eigenvalue weighted by molar-refractivity contribution is 6.99. The molecule has 0 aliphatic carbocycles. The number of aromatic nitrogens is 1. The standard InChI is InChI=1S/C42H25BN2O2/c1-3-11-33-29(9-1)30-22-24-39-41-42(30)45(33)34-12-4-2-10-31(34)43(41)32-23-19-27(25-40(32)47-39)26-17-20-28(21-18-26)44-35-13-5-7-15-37(35)46-38-16-8-6-14-36(38)44/h1-25H. The fraction of sp³-hybridized carbons (Fsp3) is 0. The van der Waals surface area contributed by atoms with E-state index in [-0.39, 0.29) is 6.71 Å². The second-order valence-corrected chi connectivity index (χ2v) is 12.5. The summed E-state index contributed by atoms with van der Waals surface area (Å²) in [6.07, 6.45) is 0. The molecule has 11 rings (SSSR count). The molecule has 0 spiro atoms. The molecule has 0 saturated heterocycles. The maximum absolute atomic E-state index is 6.78. The fourth-order valence-electron chi connectivity index (χ4n) is 8.04. The largest absolute Gasteiger partial charge is 0.458 e. The molecule has 1 aromatic heterocycles. The van der Waals surface area contributed by atoms with Crippen molar-refractivity contribution in [3.63, 3.8) is 0 Å². The third-order valence-electron chi connectivity index (χ3n) is 10.0. The van der Waals surface area contributed by atoms with Crippen LogP contribution in [0.1, 0.15) is 0 Å². The van der Waals surface area contributed by atoms with Crippen LogP contribution in [-0.2, 0) is 0 Å². The Hall–Kier alpha value is -6.20. The molecule has 0 fully saturated rings. The fourth-order valence-corrected chi connectivity index (χ4v) is 8.04. The van der Waals surface area contributed by atoms with E-state index < -0.39 is 0 Å². The van der Waals surface area contributed by atoms with Crippen LogP contribution in [0.3, 0.4) is 0 Å². The SMILES string of the molecule is c1ccc2c(c1)Oc1ccccc1N2c1ccc(-c2ccc3c(c2)Oc2ccc4c5ccccc5n5c4c2B3c2ccccc2-5)cc1. The first-order chi connectivity index (χ1) is 23.3. The average Bonchev–Trinajstić information content (AvgIpc) is 3.48. The molecule has 7 aromatic carbocycles. The van der Waals surface area contributed by atoms with Crippen LogP contribution in [0.5, 0.6) is 23.0 Å². The maximum atomic E-state index is 6.78. The molecule has 0 amide bonds. The van der Waals surface area contributed by atoms with Gasteiger partial charge in [-0.3, -0.25) is 0 Å². The molecular formula is C42H25BN2O2. The van der Waals surface area contributed by atoms with Crippen LogP contribution in [-0.4, -0.2) is 11.3 Å². The van der Waals surface area contributed by atoms with Crippen molar-refractivity contribution in [2.75, 3.05) is 4.90 Å². The third kappa shape index (κ3) is 3.38. The normalized spacial score (nSPS) is 13.4. The van der Waals surface area contributed by atoms with E-state index in [4.69, 9.17) is 9.47 Å². The van der Waals surface area contributed by atoms with Crippen molar-refractivity contribution in [2.45, 2.75) is 0 Å². The number of ether oxygens (including phenoxy) is 2. The van der Waals surface area contributed by atoms with Gasteiger partial charge in [-0.1, -0.05) is 84.9 Å². The molecule has 5 heteroatoms. The topological polar surface area (TPSA) is 26.6 Å². The molecule has 4 nitrogen and oxygen atoms in total. The first kappa shape index (κ1) is 25.0. The number of rotatable bonds is 2. The number of para-hydroxylation sites is 6. The van der Waals surface area contributed by atoms with Crippen LogP contribution >= 0.6 is 0 Å². The van der Waals surface area contributed by atoms with Gasteiger partial charge in [0.25, 0.3) is 6.71 Å². The molecule has 0 N–H and O–H groups in total. The maximum Gasteiger partial charge on any atom is 0.256 e. The zero-order valence-corrected chi connectivity index (χ0v) is 25.2. The van der Waals surface area contributed by atoms with E-state index in [0.29, 0.717) is 0 Å². The Morgan fingerprint density at radius 3 is 1.91 bits per heavy atom. The van der Waals surface area contributed by atoms with Gasteiger partial charge in [0.1, 0.15) is 11.5 Å². The summed E-state index contributed by atoms with van der Waals surface area (Å²) < 4.78 is 15.4. The summed E-state index contributed by atoms with van der Waals surface area (Å²) >= 11 is 0. The Bertz CT molecular complexity index is 2560. The van der Waals surface area contributed by atoms with Gasteiger partial charge in [-0.25, -0.2) is 0 Å². The van der Waals surface area contributed by atoms with E-state index in [1.807, 2.05) is 24.3 Å². The van der Waals surface area contributed by atoms with Crippen molar-refractivity contribution >= 4 is 62.0 Å². The van der Waals surface area contributed by atoms with E-state index in [1.54, 1.807) is 0 Å². The van der Waals surface area contributed by atoms with E-state index in [9.17, 15) is 0 Å². The van der Waals surface area contributed by atoms with Gasteiger partial charge >= 0.3 is 0 Å². The molecule has 4 heterocycles. The molecule has 3 aliphatic rings. The lowest BCUT2D eigenvalue weighted by Crippen LogP contribution is -2.58. The number of anilines is 3. The van der Waals surface area contributed by atoms with Gasteiger partial charge in [0.05, 0.1) is 22.4 Å². The highest BCUT2D eigenvalue weighted by Gasteiger charge is 2.40. The Kier molecular flexibility index (Phi) is 4.89. The first-order valence-electron chi connectivity index (χ1n) is 16.1. The van der Waals surface area contributed by atoms with Crippen LogP contribution in [0, 0.1) is 0 Å². The van der Waals surface area contributed by atoms with Gasteiger partial charge in [0.2, 0.25) is 0 Å². The van der Waals surface area contributed by atoms with Crippen molar-refractivity contribution in [2.24, 2.45) is 0 Å². The minimum atomic E-state index is 0.100. The molecule has 0 saturated carbocycles. The minimum absolute atomic E-state index is 0.100. The van der Waals surface area contributed by atoms with Crippen LogP contribution < -0.4 is 30.8 Å². The molecule has 0 atom stereocenters. The van der Waals surface area contributed by atoms with Crippen molar-refractivity contribution in [1.82, 2.24) is 4.57 Å². The Labute approximate surface area is 271 Å². The summed E-state index contributed by atoms with van der Waals surface area (Å²) in [5.41, 5.74) is 12.9. The molecule has 0 radical (unpaired) electrons. The van der Waals surface area contributed by atoms with E-state index in [0.717, 1.165) is 51.2 Å². The highest BCUT2D eigenvalue weighted by Crippen LogP contribution is 2.50. The lowest BCUT2D eigenvalue weighted by molar-refractivity contribution is 0.477. The number of benzene rings is 7. The van der Waals surface area contributed by atoms with Gasteiger partial charge < -0.3 is 18.9 Å². The number of nitrogens with zero attached hydrogens (tertiary/aromatic N) is 2. The van der Waals surface area contributed by atoms with Gasteiger partial charge in [-0.2, -0.15) is 0 Å². The monoisotopic (exact) mass is 600 g/mol. The molecule has 0 bridgehead atoms. The van der Waals surface area contributed by atoms with E-state index in [2.05, 4.69) is 137 Å². The zero-order valence-electron chi connectivity index (χ0n) is 25.2. The summed E-state index contributed by atoms with van der Waals surface area (Å²) in [6.45, 7) is 0.100. The summed E-state index contributed by atoms with van der Waals surface area (Å²) in [7, 11) is 0.